The highest BCUT2D eigenvalue weighted by Gasteiger charge is 2.27. The Morgan fingerprint density at radius 2 is 2.05 bits per heavy atom. The molecule has 108 valence electrons. The van der Waals surface area contributed by atoms with Gasteiger partial charge in [-0.2, -0.15) is 13.2 Å². The predicted molar refractivity (Wildman–Crippen MR) is 69.6 cm³/mol. The van der Waals surface area contributed by atoms with E-state index in [-0.39, 0.29) is 0 Å². The summed E-state index contributed by atoms with van der Waals surface area (Å²) in [5.74, 6) is 0.403. The van der Waals surface area contributed by atoms with Crippen LogP contribution in [0.1, 0.15) is 25.3 Å². The SMILES string of the molecule is CCCNCc1c(Cl)cccc1OCCC(F)(F)F. The highest BCUT2D eigenvalue weighted by atomic mass is 35.5. The highest BCUT2D eigenvalue weighted by molar-refractivity contribution is 6.31. The number of halogens is 4. The van der Waals surface area contributed by atoms with Crippen LogP contribution in [0, 0.1) is 0 Å². The molecule has 1 aromatic carbocycles. The molecule has 0 heterocycles. The molecule has 0 aliphatic heterocycles. The molecule has 0 saturated carbocycles. The zero-order valence-corrected chi connectivity index (χ0v) is 11.4. The summed E-state index contributed by atoms with van der Waals surface area (Å²) in [6.07, 6.45) is -4.21. The molecule has 0 spiro atoms. The summed E-state index contributed by atoms with van der Waals surface area (Å²) in [5, 5.41) is 3.65. The van der Waals surface area contributed by atoms with E-state index < -0.39 is 19.2 Å². The lowest BCUT2D eigenvalue weighted by molar-refractivity contribution is -0.139. The van der Waals surface area contributed by atoms with Crippen molar-refractivity contribution in [2.45, 2.75) is 32.5 Å². The summed E-state index contributed by atoms with van der Waals surface area (Å²) in [6.45, 7) is 2.92. The zero-order valence-electron chi connectivity index (χ0n) is 10.7. The first-order valence-electron chi connectivity index (χ1n) is 6.11. The van der Waals surface area contributed by atoms with Crippen molar-refractivity contribution in [3.05, 3.63) is 28.8 Å². The largest absolute Gasteiger partial charge is 0.493 e. The second-order valence-electron chi connectivity index (χ2n) is 4.11. The Kier molecular flexibility index (Phi) is 6.45. The monoisotopic (exact) mass is 295 g/mol. The fourth-order valence-electron chi connectivity index (χ4n) is 1.51. The minimum absolute atomic E-state index is 0.398. The van der Waals surface area contributed by atoms with Crippen LogP contribution in [0.15, 0.2) is 18.2 Å². The lowest BCUT2D eigenvalue weighted by atomic mass is 10.2. The summed E-state index contributed by atoms with van der Waals surface area (Å²) >= 11 is 6.03. The Balaban J connectivity index is 2.63. The van der Waals surface area contributed by atoms with Crippen molar-refractivity contribution < 1.29 is 17.9 Å². The first-order valence-corrected chi connectivity index (χ1v) is 6.49. The molecule has 0 radical (unpaired) electrons. The van der Waals surface area contributed by atoms with Crippen LogP contribution in [-0.2, 0) is 6.54 Å². The molecular weight excluding hydrogens is 279 g/mol. The van der Waals surface area contributed by atoms with Gasteiger partial charge in [0.05, 0.1) is 13.0 Å². The van der Waals surface area contributed by atoms with Crippen molar-refractivity contribution >= 4 is 11.6 Å². The zero-order chi connectivity index (χ0) is 14.3. The van der Waals surface area contributed by atoms with Gasteiger partial charge in [-0.05, 0) is 25.1 Å². The Hall–Kier alpha value is -0.940. The van der Waals surface area contributed by atoms with Crippen LogP contribution < -0.4 is 10.1 Å². The summed E-state index contributed by atoms with van der Waals surface area (Å²) in [5.41, 5.74) is 0.694. The van der Waals surface area contributed by atoms with E-state index >= 15 is 0 Å². The van der Waals surface area contributed by atoms with Crippen LogP contribution in [0.2, 0.25) is 5.02 Å². The van der Waals surface area contributed by atoms with E-state index in [1.807, 2.05) is 6.92 Å². The lowest BCUT2D eigenvalue weighted by Gasteiger charge is -2.14. The third-order valence-corrected chi connectivity index (χ3v) is 2.80. The van der Waals surface area contributed by atoms with Gasteiger partial charge in [0.15, 0.2) is 0 Å². The summed E-state index contributed by atoms with van der Waals surface area (Å²) in [6, 6.07) is 4.99. The van der Waals surface area contributed by atoms with Crippen LogP contribution in [0.5, 0.6) is 5.75 Å². The van der Waals surface area contributed by atoms with Gasteiger partial charge in [0.1, 0.15) is 5.75 Å². The fourth-order valence-corrected chi connectivity index (χ4v) is 1.75. The molecule has 6 heteroatoms. The number of benzene rings is 1. The van der Waals surface area contributed by atoms with E-state index in [4.69, 9.17) is 16.3 Å². The van der Waals surface area contributed by atoms with Crippen molar-refractivity contribution in [2.24, 2.45) is 0 Å². The van der Waals surface area contributed by atoms with E-state index in [0.717, 1.165) is 13.0 Å². The minimum atomic E-state index is -4.21. The van der Waals surface area contributed by atoms with E-state index in [1.54, 1.807) is 18.2 Å². The number of alkyl halides is 3. The maximum atomic E-state index is 12.1. The van der Waals surface area contributed by atoms with Crippen molar-refractivity contribution in [1.29, 1.82) is 0 Å². The van der Waals surface area contributed by atoms with Gasteiger partial charge in [-0.1, -0.05) is 24.6 Å². The van der Waals surface area contributed by atoms with Gasteiger partial charge in [-0.15, -0.1) is 0 Å². The first kappa shape index (κ1) is 16.1. The number of rotatable bonds is 7. The molecule has 1 N–H and O–H groups in total. The molecule has 0 aromatic heterocycles. The first-order chi connectivity index (χ1) is 8.94. The van der Waals surface area contributed by atoms with Gasteiger partial charge in [-0.25, -0.2) is 0 Å². The molecule has 1 rings (SSSR count). The molecule has 0 fully saturated rings. The van der Waals surface area contributed by atoms with Crippen molar-refractivity contribution in [2.75, 3.05) is 13.2 Å². The van der Waals surface area contributed by atoms with Crippen LogP contribution in [0.25, 0.3) is 0 Å². The molecular formula is C13H17ClF3NO. The molecule has 0 unspecified atom stereocenters. The number of nitrogens with one attached hydrogen (secondary N) is 1. The van der Waals surface area contributed by atoms with Gasteiger partial charge in [0.25, 0.3) is 0 Å². The summed E-state index contributed by atoms with van der Waals surface area (Å²) < 4.78 is 41.4. The standard InChI is InChI=1S/C13H17ClF3NO/c1-2-7-18-9-10-11(14)4-3-5-12(10)19-8-6-13(15,16)17/h3-5,18H,2,6-9H2,1H3. The maximum absolute atomic E-state index is 12.1. The Bertz CT molecular complexity index is 396. The maximum Gasteiger partial charge on any atom is 0.392 e. The Labute approximate surface area is 115 Å². The minimum Gasteiger partial charge on any atom is -0.493 e. The summed E-state index contributed by atoms with van der Waals surface area (Å²) in [4.78, 5) is 0. The second-order valence-corrected chi connectivity index (χ2v) is 4.51. The molecule has 0 amide bonds. The van der Waals surface area contributed by atoms with Crippen LogP contribution in [0.3, 0.4) is 0 Å². The molecule has 0 aliphatic rings. The third-order valence-electron chi connectivity index (χ3n) is 2.45. The molecule has 1 aromatic rings. The van der Waals surface area contributed by atoms with Gasteiger partial charge in [0.2, 0.25) is 0 Å². The Morgan fingerprint density at radius 1 is 1.32 bits per heavy atom. The average Bonchev–Trinajstić information content (AvgIpc) is 2.31. The Morgan fingerprint density at radius 3 is 2.68 bits per heavy atom. The van der Waals surface area contributed by atoms with Gasteiger partial charge >= 0.3 is 6.18 Å². The smallest absolute Gasteiger partial charge is 0.392 e. The average molecular weight is 296 g/mol. The second kappa shape index (κ2) is 7.60. The van der Waals surface area contributed by atoms with Crippen LogP contribution in [-0.4, -0.2) is 19.3 Å². The molecule has 0 bridgehead atoms. The molecule has 2 nitrogen and oxygen atoms in total. The number of hydrogen-bond acceptors (Lipinski definition) is 2. The number of hydrogen-bond donors (Lipinski definition) is 1. The molecule has 0 aliphatic carbocycles. The highest BCUT2D eigenvalue weighted by Crippen LogP contribution is 2.27. The van der Waals surface area contributed by atoms with E-state index in [9.17, 15) is 13.2 Å². The molecule has 0 atom stereocenters. The lowest BCUT2D eigenvalue weighted by Crippen LogP contribution is -2.17. The van der Waals surface area contributed by atoms with Crippen molar-refractivity contribution in [3.8, 4) is 5.75 Å². The number of ether oxygens (including phenoxy) is 1. The third kappa shape index (κ3) is 6.16. The van der Waals surface area contributed by atoms with Gasteiger partial charge < -0.3 is 10.1 Å². The molecule has 19 heavy (non-hydrogen) atoms. The van der Waals surface area contributed by atoms with Crippen molar-refractivity contribution in [3.63, 3.8) is 0 Å². The molecule has 0 saturated heterocycles. The van der Waals surface area contributed by atoms with Crippen LogP contribution in [0.4, 0.5) is 13.2 Å². The topological polar surface area (TPSA) is 21.3 Å². The predicted octanol–water partition coefficient (Wildman–Crippen LogP) is 4.17. The van der Waals surface area contributed by atoms with E-state index in [1.165, 1.54) is 0 Å². The van der Waals surface area contributed by atoms with Crippen molar-refractivity contribution in [1.82, 2.24) is 5.32 Å². The summed E-state index contributed by atoms with van der Waals surface area (Å²) in [7, 11) is 0. The quantitative estimate of drug-likeness (QED) is 0.762. The fraction of sp³-hybridized carbons (Fsp3) is 0.538. The van der Waals surface area contributed by atoms with E-state index in [0.29, 0.717) is 22.9 Å². The van der Waals surface area contributed by atoms with Gasteiger partial charge in [-0.3, -0.25) is 0 Å². The van der Waals surface area contributed by atoms with Crippen LogP contribution >= 0.6 is 11.6 Å². The van der Waals surface area contributed by atoms with Gasteiger partial charge in [0, 0.05) is 17.1 Å². The normalized spacial score (nSPS) is 11.6. The van der Waals surface area contributed by atoms with E-state index in [2.05, 4.69) is 5.32 Å².